The molecule has 0 bridgehead atoms. The van der Waals surface area contributed by atoms with Crippen molar-refractivity contribution in [3.8, 4) is 17.2 Å². The van der Waals surface area contributed by atoms with Crippen LogP contribution in [0.5, 0.6) is 17.2 Å². The first-order valence-corrected chi connectivity index (χ1v) is 13.7. The molecular formula is C35H40N2O5. The Kier molecular flexibility index (Phi) is 11.6. The first kappa shape index (κ1) is 31.7. The molecule has 0 unspecified atom stereocenters. The lowest BCUT2D eigenvalue weighted by Gasteiger charge is -2.33. The summed E-state index contributed by atoms with van der Waals surface area (Å²) in [7, 11) is 1.56. The smallest absolute Gasteiger partial charge is 0.247 e. The van der Waals surface area contributed by atoms with Gasteiger partial charge in [0.2, 0.25) is 11.8 Å². The van der Waals surface area contributed by atoms with Crippen LogP contribution >= 0.6 is 0 Å². The van der Waals surface area contributed by atoms with E-state index >= 15 is 0 Å². The third kappa shape index (κ3) is 9.41. The molecule has 0 radical (unpaired) electrons. The maximum absolute atomic E-state index is 13.9. The number of carbonyl (C=O) groups excluding carboxylic acids is 2. The van der Waals surface area contributed by atoms with Gasteiger partial charge in [-0.05, 0) is 67.8 Å². The van der Waals surface area contributed by atoms with Crippen LogP contribution < -0.4 is 19.5 Å². The number of amides is 2. The second-order valence-corrected chi connectivity index (χ2v) is 10.6. The highest BCUT2D eigenvalue weighted by Crippen LogP contribution is 2.30. The lowest BCUT2D eigenvalue weighted by atomic mass is 10.0. The van der Waals surface area contributed by atoms with Gasteiger partial charge in [0, 0.05) is 18.2 Å². The van der Waals surface area contributed by atoms with Crippen LogP contribution in [0.15, 0.2) is 104 Å². The van der Waals surface area contributed by atoms with Crippen molar-refractivity contribution in [2.45, 2.75) is 38.9 Å². The molecule has 0 saturated carbocycles. The molecule has 0 aliphatic rings. The summed E-state index contributed by atoms with van der Waals surface area (Å²) in [5.74, 6) is 1.14. The molecule has 0 aromatic heterocycles. The number of rotatable bonds is 14. The van der Waals surface area contributed by atoms with Crippen LogP contribution in [-0.4, -0.2) is 42.6 Å². The molecule has 0 spiro atoms. The van der Waals surface area contributed by atoms with Gasteiger partial charge >= 0.3 is 0 Å². The maximum atomic E-state index is 13.9. The highest BCUT2D eigenvalue weighted by atomic mass is 16.5. The van der Waals surface area contributed by atoms with Gasteiger partial charge in [-0.25, -0.2) is 0 Å². The SMILES string of the molecule is C=CCOc1ccc([C@@H](C(=O)NC(C)(C)C)N(Cc2ccccc2)C(=O)/C=C/c2ccc(OCC=C)c(OC)c2)cc1. The average Bonchev–Trinajstić information content (AvgIpc) is 2.97. The Morgan fingerprint density at radius 3 is 2.19 bits per heavy atom. The van der Waals surface area contributed by atoms with Crippen LogP contribution in [0.25, 0.3) is 6.08 Å². The molecule has 0 fully saturated rings. The molecule has 7 heteroatoms. The quantitative estimate of drug-likeness (QED) is 0.177. The van der Waals surface area contributed by atoms with Crippen LogP contribution in [-0.2, 0) is 16.1 Å². The molecular weight excluding hydrogens is 528 g/mol. The average molecular weight is 569 g/mol. The molecule has 2 amide bonds. The number of hydrogen-bond acceptors (Lipinski definition) is 5. The van der Waals surface area contributed by atoms with Crippen LogP contribution in [0.4, 0.5) is 0 Å². The topological polar surface area (TPSA) is 77.1 Å². The Morgan fingerprint density at radius 1 is 0.905 bits per heavy atom. The zero-order valence-corrected chi connectivity index (χ0v) is 24.8. The van der Waals surface area contributed by atoms with Crippen molar-refractivity contribution in [1.82, 2.24) is 10.2 Å². The highest BCUT2D eigenvalue weighted by Gasteiger charge is 2.32. The van der Waals surface area contributed by atoms with E-state index in [1.54, 1.807) is 54.5 Å². The Bertz CT molecular complexity index is 1370. The van der Waals surface area contributed by atoms with E-state index in [9.17, 15) is 9.59 Å². The van der Waals surface area contributed by atoms with Crippen molar-refractivity contribution in [2.75, 3.05) is 20.3 Å². The minimum Gasteiger partial charge on any atom is -0.493 e. The maximum Gasteiger partial charge on any atom is 0.247 e. The Morgan fingerprint density at radius 2 is 1.57 bits per heavy atom. The normalized spacial score (nSPS) is 11.8. The first-order chi connectivity index (χ1) is 20.1. The van der Waals surface area contributed by atoms with Gasteiger partial charge in [-0.1, -0.05) is 73.8 Å². The third-order valence-corrected chi connectivity index (χ3v) is 6.06. The van der Waals surface area contributed by atoms with E-state index < -0.39 is 11.6 Å². The third-order valence-electron chi connectivity index (χ3n) is 6.06. The van der Waals surface area contributed by atoms with Crippen LogP contribution in [0.3, 0.4) is 0 Å². The second-order valence-electron chi connectivity index (χ2n) is 10.6. The van der Waals surface area contributed by atoms with Gasteiger partial charge in [0.1, 0.15) is 25.0 Å². The number of carbonyl (C=O) groups is 2. The molecule has 1 N–H and O–H groups in total. The fraction of sp³-hybridized carbons (Fsp3) is 0.257. The van der Waals surface area contributed by atoms with E-state index in [0.29, 0.717) is 36.0 Å². The van der Waals surface area contributed by atoms with E-state index in [0.717, 1.165) is 11.1 Å². The van der Waals surface area contributed by atoms with Crippen molar-refractivity contribution in [1.29, 1.82) is 0 Å². The molecule has 220 valence electrons. The zero-order valence-electron chi connectivity index (χ0n) is 24.8. The number of benzene rings is 3. The Labute approximate surface area is 249 Å². The molecule has 3 aromatic carbocycles. The minimum absolute atomic E-state index is 0.221. The van der Waals surface area contributed by atoms with Gasteiger partial charge < -0.3 is 24.4 Å². The monoisotopic (exact) mass is 568 g/mol. The molecule has 7 nitrogen and oxygen atoms in total. The zero-order chi connectivity index (χ0) is 30.5. The standard InChI is InChI=1S/C35H40N2O5/c1-7-22-41-29-18-16-28(17-19-29)33(34(39)36-35(3,4)5)37(25-27-12-10-9-11-13-27)32(38)21-15-26-14-20-30(42-23-8-2)31(24-26)40-6/h7-21,24,33H,1-2,22-23,25H2,3-6H3,(H,36,39)/b21-15+/t33-/m0/s1. The van der Waals surface area contributed by atoms with Gasteiger partial charge in [0.15, 0.2) is 11.5 Å². The number of ether oxygens (including phenoxy) is 3. The molecule has 1 atom stereocenters. The molecule has 0 saturated heterocycles. The van der Waals surface area contributed by atoms with Crippen molar-refractivity contribution < 1.29 is 23.8 Å². The van der Waals surface area contributed by atoms with Gasteiger partial charge in [-0.3, -0.25) is 9.59 Å². The minimum atomic E-state index is -0.903. The molecule has 0 aliphatic carbocycles. The number of methoxy groups -OCH3 is 1. The fourth-order valence-electron chi connectivity index (χ4n) is 4.21. The molecule has 0 aliphatic heterocycles. The van der Waals surface area contributed by atoms with E-state index in [2.05, 4.69) is 18.5 Å². The molecule has 3 rings (SSSR count). The summed E-state index contributed by atoms with van der Waals surface area (Å²) in [5.41, 5.74) is 1.78. The first-order valence-electron chi connectivity index (χ1n) is 13.7. The highest BCUT2D eigenvalue weighted by molar-refractivity contribution is 5.96. The lowest BCUT2D eigenvalue weighted by molar-refractivity contribution is -0.138. The van der Waals surface area contributed by atoms with Crippen molar-refractivity contribution in [2.24, 2.45) is 0 Å². The summed E-state index contributed by atoms with van der Waals surface area (Å²) in [5, 5.41) is 3.06. The summed E-state index contributed by atoms with van der Waals surface area (Å²) >= 11 is 0. The summed E-state index contributed by atoms with van der Waals surface area (Å²) in [6.45, 7) is 14.0. The van der Waals surface area contributed by atoms with E-state index in [4.69, 9.17) is 14.2 Å². The van der Waals surface area contributed by atoms with Crippen molar-refractivity contribution in [3.05, 3.63) is 121 Å². The van der Waals surface area contributed by atoms with E-state index in [1.807, 2.05) is 69.3 Å². The molecule has 0 heterocycles. The number of nitrogens with one attached hydrogen (secondary N) is 1. The summed E-state index contributed by atoms with van der Waals surface area (Å²) in [4.78, 5) is 29.3. The molecule has 3 aromatic rings. The largest absolute Gasteiger partial charge is 0.493 e. The van der Waals surface area contributed by atoms with Crippen molar-refractivity contribution >= 4 is 17.9 Å². The van der Waals surface area contributed by atoms with Crippen LogP contribution in [0.1, 0.15) is 43.5 Å². The predicted molar refractivity (Wildman–Crippen MR) is 167 cm³/mol. The van der Waals surface area contributed by atoms with Crippen LogP contribution in [0.2, 0.25) is 0 Å². The van der Waals surface area contributed by atoms with E-state index in [1.165, 1.54) is 6.08 Å². The van der Waals surface area contributed by atoms with Gasteiger partial charge in [-0.2, -0.15) is 0 Å². The van der Waals surface area contributed by atoms with Gasteiger partial charge in [0.05, 0.1) is 7.11 Å². The van der Waals surface area contributed by atoms with Gasteiger partial charge in [0.25, 0.3) is 0 Å². The summed E-state index contributed by atoms with van der Waals surface area (Å²) in [6, 6.07) is 21.3. The van der Waals surface area contributed by atoms with Gasteiger partial charge in [-0.15, -0.1) is 0 Å². The predicted octanol–water partition coefficient (Wildman–Crippen LogP) is 6.52. The molecule has 42 heavy (non-hydrogen) atoms. The Balaban J connectivity index is 2.02. The van der Waals surface area contributed by atoms with Crippen molar-refractivity contribution in [3.63, 3.8) is 0 Å². The number of hydrogen-bond donors (Lipinski definition) is 1. The van der Waals surface area contributed by atoms with E-state index in [-0.39, 0.29) is 18.4 Å². The fourth-order valence-corrected chi connectivity index (χ4v) is 4.21. The Hall–Kier alpha value is -4.78. The second kappa shape index (κ2) is 15.3. The lowest BCUT2D eigenvalue weighted by Crippen LogP contribution is -2.48. The van der Waals surface area contributed by atoms with Crippen LogP contribution in [0, 0.1) is 0 Å². The number of nitrogens with zero attached hydrogens (tertiary/aromatic N) is 1. The summed E-state index contributed by atoms with van der Waals surface area (Å²) in [6.07, 6.45) is 6.49. The summed E-state index contributed by atoms with van der Waals surface area (Å²) < 4.78 is 16.7.